The zero-order valence-corrected chi connectivity index (χ0v) is 18.0. The molecule has 0 aliphatic carbocycles. The summed E-state index contributed by atoms with van der Waals surface area (Å²) in [6, 6.07) is 15.8. The average molecular weight is 467 g/mol. The van der Waals surface area contributed by atoms with Crippen molar-refractivity contribution in [1.29, 1.82) is 0 Å². The smallest absolute Gasteiger partial charge is 0.262 e. The van der Waals surface area contributed by atoms with Gasteiger partial charge in [-0.2, -0.15) is 0 Å². The van der Waals surface area contributed by atoms with E-state index in [2.05, 4.69) is 25.8 Å². The highest BCUT2D eigenvalue weighted by atomic mass is 79.9. The van der Waals surface area contributed by atoms with Crippen LogP contribution in [0.3, 0.4) is 0 Å². The summed E-state index contributed by atoms with van der Waals surface area (Å²) in [5.41, 5.74) is 0.917. The fraction of sp³-hybridized carbons (Fsp3) is 0.300. The molecule has 0 saturated carbocycles. The Kier molecular flexibility index (Phi) is 5.97. The number of hydrogen-bond acceptors (Lipinski definition) is 4. The summed E-state index contributed by atoms with van der Waals surface area (Å²) in [6.07, 6.45) is 2.31. The van der Waals surface area contributed by atoms with E-state index in [1.165, 1.54) is 12.1 Å². The SMILES string of the molecule is CC(C)(ONS(=O)(=O)c1ccccc1)[C@](Br)(CO)Cc1c[nH]c2ccccc12. The first-order valence-corrected chi connectivity index (χ1v) is 11.1. The Labute approximate surface area is 173 Å². The molecule has 0 aliphatic heterocycles. The van der Waals surface area contributed by atoms with E-state index in [1.54, 1.807) is 32.0 Å². The van der Waals surface area contributed by atoms with Crippen molar-refractivity contribution in [3.8, 4) is 0 Å². The molecule has 0 fully saturated rings. The van der Waals surface area contributed by atoms with Gasteiger partial charge in [0, 0.05) is 17.1 Å². The summed E-state index contributed by atoms with van der Waals surface area (Å²) < 4.78 is 24.0. The van der Waals surface area contributed by atoms with E-state index < -0.39 is 19.9 Å². The molecule has 0 radical (unpaired) electrons. The van der Waals surface area contributed by atoms with Crippen molar-refractivity contribution in [3.05, 3.63) is 66.4 Å². The van der Waals surface area contributed by atoms with Crippen LogP contribution in [0.1, 0.15) is 19.4 Å². The monoisotopic (exact) mass is 466 g/mol. The Morgan fingerprint density at radius 1 is 1.11 bits per heavy atom. The Balaban J connectivity index is 1.81. The van der Waals surface area contributed by atoms with E-state index in [1.807, 2.05) is 30.5 Å². The zero-order chi connectivity index (χ0) is 20.4. The summed E-state index contributed by atoms with van der Waals surface area (Å²) in [6.45, 7) is 3.19. The average Bonchev–Trinajstić information content (AvgIpc) is 3.10. The molecular formula is C20H23BrN2O4S. The molecule has 0 aliphatic rings. The molecule has 0 unspecified atom stereocenters. The van der Waals surface area contributed by atoms with Gasteiger partial charge >= 0.3 is 0 Å². The van der Waals surface area contributed by atoms with Crippen molar-refractivity contribution in [2.45, 2.75) is 35.1 Å². The minimum Gasteiger partial charge on any atom is -0.395 e. The Bertz CT molecular complexity index is 1050. The molecule has 1 aromatic heterocycles. The van der Waals surface area contributed by atoms with Crippen LogP contribution in [0.25, 0.3) is 10.9 Å². The summed E-state index contributed by atoms with van der Waals surface area (Å²) in [5, 5.41) is 11.2. The first kappa shape index (κ1) is 21.0. The van der Waals surface area contributed by atoms with Crippen molar-refractivity contribution in [3.63, 3.8) is 0 Å². The summed E-state index contributed by atoms with van der Waals surface area (Å²) >= 11 is 3.61. The Morgan fingerprint density at radius 2 is 1.75 bits per heavy atom. The summed E-state index contributed by atoms with van der Waals surface area (Å²) in [5.74, 6) is 0. The highest BCUT2D eigenvalue weighted by Crippen LogP contribution is 2.38. The second-order valence-electron chi connectivity index (χ2n) is 7.17. The van der Waals surface area contributed by atoms with Crippen LogP contribution in [0.15, 0.2) is 65.7 Å². The molecule has 0 spiro atoms. The van der Waals surface area contributed by atoms with Gasteiger partial charge in [0.25, 0.3) is 10.0 Å². The first-order chi connectivity index (χ1) is 13.2. The maximum atomic E-state index is 12.5. The van der Waals surface area contributed by atoms with Gasteiger partial charge in [-0.1, -0.05) is 57.2 Å². The molecule has 0 saturated heterocycles. The normalized spacial score (nSPS) is 14.9. The fourth-order valence-corrected chi connectivity index (χ4v) is 4.25. The molecule has 28 heavy (non-hydrogen) atoms. The zero-order valence-electron chi connectivity index (χ0n) is 15.6. The number of rotatable bonds is 8. The molecule has 0 bridgehead atoms. The second-order valence-corrected chi connectivity index (χ2v) is 10.3. The lowest BCUT2D eigenvalue weighted by Gasteiger charge is -2.40. The van der Waals surface area contributed by atoms with Crippen LogP contribution in [0.4, 0.5) is 0 Å². The molecular weight excluding hydrogens is 444 g/mol. The standard InChI is InChI=1S/C20H23BrN2O4S/c1-19(2,27-23-28(25,26)16-8-4-3-5-9-16)20(21,14-24)12-15-13-22-18-11-7-6-10-17(15)18/h3-11,13,22-24H,12,14H2,1-2H3/t20-/m1/s1. The van der Waals surface area contributed by atoms with Gasteiger partial charge < -0.3 is 10.1 Å². The van der Waals surface area contributed by atoms with E-state index in [0.717, 1.165) is 16.5 Å². The molecule has 3 rings (SSSR count). The molecule has 0 amide bonds. The van der Waals surface area contributed by atoms with Crippen LogP contribution in [-0.4, -0.2) is 35.0 Å². The van der Waals surface area contributed by atoms with Gasteiger partial charge in [0.1, 0.15) is 5.60 Å². The first-order valence-electron chi connectivity index (χ1n) is 8.78. The largest absolute Gasteiger partial charge is 0.395 e. The van der Waals surface area contributed by atoms with Crippen LogP contribution in [0, 0.1) is 0 Å². The number of H-pyrrole nitrogens is 1. The number of aromatic nitrogens is 1. The van der Waals surface area contributed by atoms with Gasteiger partial charge in [0.15, 0.2) is 0 Å². The minimum absolute atomic E-state index is 0.103. The number of aliphatic hydroxyl groups excluding tert-OH is 1. The minimum atomic E-state index is -3.84. The maximum Gasteiger partial charge on any atom is 0.262 e. The predicted molar refractivity (Wildman–Crippen MR) is 113 cm³/mol. The number of benzene rings is 2. The van der Waals surface area contributed by atoms with E-state index in [0.29, 0.717) is 6.42 Å². The van der Waals surface area contributed by atoms with Crippen LogP contribution in [0.5, 0.6) is 0 Å². The lowest BCUT2D eigenvalue weighted by Crippen LogP contribution is -2.54. The van der Waals surface area contributed by atoms with Crippen molar-refractivity contribution >= 4 is 36.9 Å². The van der Waals surface area contributed by atoms with E-state index in [-0.39, 0.29) is 11.5 Å². The number of aliphatic hydroxyl groups is 1. The Morgan fingerprint density at radius 3 is 2.43 bits per heavy atom. The van der Waals surface area contributed by atoms with Crippen LogP contribution < -0.4 is 4.89 Å². The molecule has 6 nitrogen and oxygen atoms in total. The number of fused-ring (bicyclic) bond motifs is 1. The number of hydrogen-bond donors (Lipinski definition) is 3. The van der Waals surface area contributed by atoms with Crippen LogP contribution >= 0.6 is 15.9 Å². The molecule has 150 valence electrons. The number of sulfonamides is 1. The molecule has 8 heteroatoms. The van der Waals surface area contributed by atoms with Gasteiger partial charge in [-0.3, -0.25) is 4.84 Å². The second kappa shape index (κ2) is 7.96. The van der Waals surface area contributed by atoms with Gasteiger partial charge in [0.05, 0.1) is 15.8 Å². The van der Waals surface area contributed by atoms with Crippen LogP contribution in [0.2, 0.25) is 0 Å². The van der Waals surface area contributed by atoms with Crippen molar-refractivity contribution in [2.75, 3.05) is 6.61 Å². The van der Waals surface area contributed by atoms with E-state index in [9.17, 15) is 13.5 Å². The van der Waals surface area contributed by atoms with E-state index in [4.69, 9.17) is 4.84 Å². The molecule has 2 aromatic carbocycles. The number of nitrogens with one attached hydrogen (secondary N) is 2. The molecule has 1 atom stereocenters. The number of halogens is 1. The topological polar surface area (TPSA) is 91.4 Å². The quantitative estimate of drug-likeness (QED) is 0.349. The highest BCUT2D eigenvalue weighted by molar-refractivity contribution is 9.10. The van der Waals surface area contributed by atoms with Gasteiger partial charge in [-0.25, -0.2) is 8.42 Å². The molecule has 3 aromatic rings. The number of para-hydroxylation sites is 1. The van der Waals surface area contributed by atoms with E-state index >= 15 is 0 Å². The maximum absolute atomic E-state index is 12.5. The molecule has 1 heterocycles. The highest BCUT2D eigenvalue weighted by Gasteiger charge is 2.45. The predicted octanol–water partition coefficient (Wildman–Crippen LogP) is 3.53. The van der Waals surface area contributed by atoms with Gasteiger partial charge in [-0.15, -0.1) is 0 Å². The van der Waals surface area contributed by atoms with Crippen molar-refractivity contribution in [2.24, 2.45) is 0 Å². The van der Waals surface area contributed by atoms with Crippen molar-refractivity contribution < 1.29 is 18.4 Å². The lowest BCUT2D eigenvalue weighted by atomic mass is 9.85. The summed E-state index contributed by atoms with van der Waals surface area (Å²) in [4.78, 5) is 11.1. The van der Waals surface area contributed by atoms with Crippen molar-refractivity contribution in [1.82, 2.24) is 9.87 Å². The van der Waals surface area contributed by atoms with Gasteiger partial charge in [0.2, 0.25) is 0 Å². The Hall–Kier alpha value is -1.71. The van der Waals surface area contributed by atoms with Gasteiger partial charge in [-0.05, 0) is 44.0 Å². The third kappa shape index (κ3) is 4.16. The fourth-order valence-electron chi connectivity index (χ4n) is 2.94. The lowest BCUT2D eigenvalue weighted by molar-refractivity contribution is -0.0832. The number of alkyl halides is 1. The third-order valence-corrected chi connectivity index (χ3v) is 7.62. The third-order valence-electron chi connectivity index (χ3n) is 4.94. The van der Waals surface area contributed by atoms with Crippen LogP contribution in [-0.2, 0) is 21.3 Å². The number of aromatic amines is 1. The molecule has 3 N–H and O–H groups in total. The summed E-state index contributed by atoms with van der Waals surface area (Å²) in [7, 11) is -3.84.